The number of cyclic esters (lactones) is 1. The van der Waals surface area contributed by atoms with E-state index < -0.39 is 11.6 Å². The van der Waals surface area contributed by atoms with Crippen LogP contribution in [-0.2, 0) is 16.0 Å². The molecule has 7 nitrogen and oxygen atoms in total. The summed E-state index contributed by atoms with van der Waals surface area (Å²) in [5.41, 5.74) is 0.813. The number of aromatic nitrogens is 2. The van der Waals surface area contributed by atoms with Gasteiger partial charge in [0.05, 0.1) is 24.9 Å². The molecule has 4 rings (SSSR count). The maximum atomic E-state index is 13.2. The van der Waals surface area contributed by atoms with Gasteiger partial charge < -0.3 is 19.3 Å². The molecule has 1 unspecified atom stereocenters. The molecule has 1 aromatic carbocycles. The first kappa shape index (κ1) is 24.7. The summed E-state index contributed by atoms with van der Waals surface area (Å²) >= 11 is 7.48. The van der Waals surface area contributed by atoms with Crippen molar-refractivity contribution in [2.24, 2.45) is 5.92 Å². The highest BCUT2D eigenvalue weighted by Crippen LogP contribution is 2.48. The van der Waals surface area contributed by atoms with Crippen molar-refractivity contribution < 1.29 is 24.1 Å². The first-order valence-corrected chi connectivity index (χ1v) is 12.6. The molecule has 2 aliphatic rings. The predicted octanol–water partition coefficient (Wildman–Crippen LogP) is 5.83. The van der Waals surface area contributed by atoms with Crippen molar-refractivity contribution >= 4 is 29.3 Å². The third-order valence-electron chi connectivity index (χ3n) is 6.72. The zero-order chi connectivity index (χ0) is 24.3. The van der Waals surface area contributed by atoms with E-state index in [1.54, 1.807) is 32.7 Å². The summed E-state index contributed by atoms with van der Waals surface area (Å²) in [5, 5.41) is 12.1. The Bertz CT molecular complexity index is 1100. The number of hydrogen-bond acceptors (Lipinski definition) is 8. The van der Waals surface area contributed by atoms with E-state index in [9.17, 15) is 9.90 Å². The highest BCUT2D eigenvalue weighted by molar-refractivity contribution is 8.04. The third kappa shape index (κ3) is 4.98. The maximum absolute atomic E-state index is 13.2. The Morgan fingerprint density at radius 2 is 1.88 bits per heavy atom. The van der Waals surface area contributed by atoms with Crippen molar-refractivity contribution in [1.29, 1.82) is 0 Å². The number of benzene rings is 1. The van der Waals surface area contributed by atoms with Gasteiger partial charge in [0.25, 0.3) is 0 Å². The Hall–Kier alpha value is -2.45. The Morgan fingerprint density at radius 3 is 2.53 bits per heavy atom. The molecule has 0 bridgehead atoms. The highest BCUT2D eigenvalue weighted by Gasteiger charge is 2.48. The molecule has 9 heteroatoms. The molecule has 1 fully saturated rings. The SMILES string of the molecule is COc1cc(OC)c(CCC2(C3CCCC3)CC(O)=C(Sc3nccnc3C)C(=O)O2)cc1Cl. The van der Waals surface area contributed by atoms with E-state index in [1.165, 1.54) is 0 Å². The van der Waals surface area contributed by atoms with Crippen LogP contribution in [0, 0.1) is 12.8 Å². The lowest BCUT2D eigenvalue weighted by atomic mass is 9.77. The van der Waals surface area contributed by atoms with Gasteiger partial charge in [-0.25, -0.2) is 9.78 Å². The predicted molar refractivity (Wildman–Crippen MR) is 131 cm³/mol. The van der Waals surface area contributed by atoms with Crippen LogP contribution in [0.2, 0.25) is 5.02 Å². The van der Waals surface area contributed by atoms with Gasteiger partial charge in [0.2, 0.25) is 0 Å². The largest absolute Gasteiger partial charge is 0.511 e. The van der Waals surface area contributed by atoms with Gasteiger partial charge in [-0.3, -0.25) is 4.98 Å². The molecule has 2 aromatic rings. The lowest BCUT2D eigenvalue weighted by Gasteiger charge is -2.41. The lowest BCUT2D eigenvalue weighted by molar-refractivity contribution is -0.166. The highest BCUT2D eigenvalue weighted by atomic mass is 35.5. The molecular weight excluding hydrogens is 476 g/mol. The monoisotopic (exact) mass is 504 g/mol. The number of halogens is 1. The average molecular weight is 505 g/mol. The first-order valence-electron chi connectivity index (χ1n) is 11.4. The zero-order valence-corrected chi connectivity index (χ0v) is 21.2. The van der Waals surface area contributed by atoms with E-state index in [2.05, 4.69) is 9.97 Å². The summed E-state index contributed by atoms with van der Waals surface area (Å²) in [4.78, 5) is 21.9. The number of rotatable bonds is 8. The number of aliphatic hydroxyl groups excluding tert-OH is 1. The number of hydrogen-bond donors (Lipinski definition) is 1. The Morgan fingerprint density at radius 1 is 1.18 bits per heavy atom. The van der Waals surface area contributed by atoms with Gasteiger partial charge in [0.15, 0.2) is 0 Å². The maximum Gasteiger partial charge on any atom is 0.349 e. The van der Waals surface area contributed by atoms with E-state index in [1.807, 2.05) is 13.0 Å². The zero-order valence-electron chi connectivity index (χ0n) is 19.6. The van der Waals surface area contributed by atoms with Gasteiger partial charge in [-0.2, -0.15) is 0 Å². The van der Waals surface area contributed by atoms with Crippen molar-refractivity contribution in [2.45, 2.75) is 62.5 Å². The standard InChI is InChI=1S/C25H29ClN2O5S/c1-15-23(28-11-10-27-15)34-22-19(29)14-25(33-24(22)30,17-6-4-5-7-17)9-8-16-12-18(26)21(32-3)13-20(16)31-2/h10-13,17,29H,4-9,14H2,1-3H3. The van der Waals surface area contributed by atoms with Crippen LogP contribution in [0.5, 0.6) is 11.5 Å². The third-order valence-corrected chi connectivity index (χ3v) is 8.21. The minimum Gasteiger partial charge on any atom is -0.511 e. The Kier molecular flexibility index (Phi) is 7.57. The number of esters is 1. The van der Waals surface area contributed by atoms with Gasteiger partial charge in [-0.1, -0.05) is 36.2 Å². The smallest absolute Gasteiger partial charge is 0.349 e. The normalized spacial score (nSPS) is 21.0. The molecule has 1 aliphatic heterocycles. The molecule has 2 heterocycles. The topological polar surface area (TPSA) is 90.8 Å². The molecule has 0 radical (unpaired) electrons. The van der Waals surface area contributed by atoms with Crippen LogP contribution in [0.3, 0.4) is 0 Å². The molecule has 1 N–H and O–H groups in total. The van der Waals surface area contributed by atoms with E-state index >= 15 is 0 Å². The number of methoxy groups -OCH3 is 2. The van der Waals surface area contributed by atoms with Crippen molar-refractivity contribution in [3.8, 4) is 11.5 Å². The summed E-state index contributed by atoms with van der Waals surface area (Å²) in [6.07, 6.45) is 8.68. The van der Waals surface area contributed by atoms with Gasteiger partial charge in [0, 0.05) is 24.9 Å². The minimum atomic E-state index is -0.781. The second kappa shape index (κ2) is 10.4. The van der Waals surface area contributed by atoms with Gasteiger partial charge in [-0.15, -0.1) is 0 Å². The summed E-state index contributed by atoms with van der Waals surface area (Å²) in [5.74, 6) is 0.934. The summed E-state index contributed by atoms with van der Waals surface area (Å²) in [6.45, 7) is 1.82. The first-order chi connectivity index (χ1) is 16.4. The van der Waals surface area contributed by atoms with Crippen LogP contribution in [0.4, 0.5) is 0 Å². The van der Waals surface area contributed by atoms with Crippen LogP contribution in [0.15, 0.2) is 40.2 Å². The molecular formula is C25H29ClN2O5S. The van der Waals surface area contributed by atoms with E-state index in [-0.39, 0.29) is 23.0 Å². The molecule has 1 aliphatic carbocycles. The number of carbonyl (C=O) groups excluding carboxylic acids is 1. The van der Waals surface area contributed by atoms with E-state index in [0.717, 1.165) is 43.0 Å². The van der Waals surface area contributed by atoms with Gasteiger partial charge >= 0.3 is 5.97 Å². The summed E-state index contributed by atoms with van der Waals surface area (Å²) < 4.78 is 17.1. The van der Waals surface area contributed by atoms with E-state index in [4.69, 9.17) is 25.8 Å². The fraction of sp³-hybridized carbons (Fsp3) is 0.480. The van der Waals surface area contributed by atoms with E-state index in [0.29, 0.717) is 40.1 Å². The minimum absolute atomic E-state index is 0.0536. The molecule has 0 saturated heterocycles. The second-order valence-corrected chi connectivity index (χ2v) is 10.1. The quantitative estimate of drug-likeness (QED) is 0.449. The fourth-order valence-electron chi connectivity index (χ4n) is 4.93. The van der Waals surface area contributed by atoms with Crippen LogP contribution < -0.4 is 9.47 Å². The molecule has 1 saturated carbocycles. The van der Waals surface area contributed by atoms with Crippen LogP contribution >= 0.6 is 23.4 Å². The molecule has 1 atom stereocenters. The molecule has 182 valence electrons. The molecule has 34 heavy (non-hydrogen) atoms. The number of aryl methyl sites for hydroxylation is 2. The van der Waals surface area contributed by atoms with Crippen molar-refractivity contribution in [3.05, 3.63) is 51.5 Å². The Balaban J connectivity index is 1.62. The van der Waals surface area contributed by atoms with Crippen LogP contribution in [0.25, 0.3) is 0 Å². The number of thioether (sulfide) groups is 1. The van der Waals surface area contributed by atoms with Crippen molar-refractivity contribution in [3.63, 3.8) is 0 Å². The van der Waals surface area contributed by atoms with Gasteiger partial charge in [-0.05, 0) is 50.2 Å². The van der Waals surface area contributed by atoms with Crippen molar-refractivity contribution in [1.82, 2.24) is 9.97 Å². The molecule has 1 aromatic heterocycles. The lowest BCUT2D eigenvalue weighted by Crippen LogP contribution is -2.45. The van der Waals surface area contributed by atoms with Crippen LogP contribution in [-0.4, -0.2) is 40.9 Å². The van der Waals surface area contributed by atoms with Crippen LogP contribution in [0.1, 0.15) is 49.8 Å². The summed E-state index contributed by atoms with van der Waals surface area (Å²) in [7, 11) is 3.16. The molecule has 0 spiro atoms. The van der Waals surface area contributed by atoms with Gasteiger partial charge in [0.1, 0.15) is 32.8 Å². The van der Waals surface area contributed by atoms with Crippen molar-refractivity contribution in [2.75, 3.05) is 14.2 Å². The molecule has 0 amide bonds. The number of aliphatic hydroxyl groups is 1. The number of nitrogens with zero attached hydrogens (tertiary/aromatic N) is 2. The second-order valence-electron chi connectivity index (χ2n) is 8.74. The average Bonchev–Trinajstić information content (AvgIpc) is 3.37. The summed E-state index contributed by atoms with van der Waals surface area (Å²) in [6, 6.07) is 3.60. The number of carbonyl (C=O) groups is 1. The fourth-order valence-corrected chi connectivity index (χ4v) is 6.01. The Labute approximate surface area is 208 Å². The number of ether oxygens (including phenoxy) is 3.